The van der Waals surface area contributed by atoms with Crippen molar-refractivity contribution in [2.24, 2.45) is 13.0 Å². The first-order valence-electron chi connectivity index (χ1n) is 8.21. The number of hydrogen-bond donors (Lipinski definition) is 2. The summed E-state index contributed by atoms with van der Waals surface area (Å²) in [4.78, 5) is 12.3. The third-order valence-corrected chi connectivity index (χ3v) is 4.18. The molecule has 0 saturated carbocycles. The minimum Gasteiger partial charge on any atom is -0.497 e. The molecular formula is C18H26N4O3. The lowest BCUT2D eigenvalue weighted by Crippen LogP contribution is -2.34. The highest BCUT2D eigenvalue weighted by atomic mass is 16.5. The fourth-order valence-electron chi connectivity index (χ4n) is 2.70. The molecule has 0 aliphatic carbocycles. The standard InChI is InChI=1S/C18H26N4O3/c1-12(2)14(16-8-9-20-22(16)3)11-19-18(23)21-15-7-6-13(24-4)10-17(15)25-5/h6-10,12,14H,11H2,1-5H3,(H2,19,21,23)/t14-/m1/s1. The van der Waals surface area contributed by atoms with Crippen LogP contribution in [0.25, 0.3) is 0 Å². The second-order valence-electron chi connectivity index (χ2n) is 6.13. The van der Waals surface area contributed by atoms with Crippen molar-refractivity contribution in [2.75, 3.05) is 26.1 Å². The molecule has 0 radical (unpaired) electrons. The molecule has 7 heteroatoms. The zero-order chi connectivity index (χ0) is 18.4. The quantitative estimate of drug-likeness (QED) is 0.808. The second-order valence-corrected chi connectivity index (χ2v) is 6.13. The van der Waals surface area contributed by atoms with Crippen molar-refractivity contribution in [1.29, 1.82) is 0 Å². The molecule has 1 aromatic heterocycles. The highest BCUT2D eigenvalue weighted by Gasteiger charge is 2.20. The zero-order valence-corrected chi connectivity index (χ0v) is 15.4. The minimum atomic E-state index is -0.281. The maximum Gasteiger partial charge on any atom is 0.319 e. The Morgan fingerprint density at radius 3 is 2.56 bits per heavy atom. The first-order valence-corrected chi connectivity index (χ1v) is 8.21. The molecule has 2 rings (SSSR count). The van der Waals surface area contributed by atoms with Crippen molar-refractivity contribution in [3.8, 4) is 11.5 Å². The minimum absolute atomic E-state index is 0.177. The van der Waals surface area contributed by atoms with Crippen LogP contribution in [0.2, 0.25) is 0 Å². The number of aromatic nitrogens is 2. The van der Waals surface area contributed by atoms with Crippen LogP contribution in [0.4, 0.5) is 10.5 Å². The van der Waals surface area contributed by atoms with Crippen LogP contribution in [-0.2, 0) is 7.05 Å². The van der Waals surface area contributed by atoms with Gasteiger partial charge in [-0.2, -0.15) is 5.10 Å². The number of anilines is 1. The van der Waals surface area contributed by atoms with E-state index in [-0.39, 0.29) is 11.9 Å². The van der Waals surface area contributed by atoms with Gasteiger partial charge in [-0.25, -0.2) is 4.79 Å². The Bertz CT molecular complexity index is 712. The fraction of sp³-hybridized carbons (Fsp3) is 0.444. The number of ether oxygens (including phenoxy) is 2. The van der Waals surface area contributed by atoms with Gasteiger partial charge >= 0.3 is 6.03 Å². The second kappa shape index (κ2) is 8.41. The monoisotopic (exact) mass is 346 g/mol. The molecular weight excluding hydrogens is 320 g/mol. The normalized spacial score (nSPS) is 11.9. The van der Waals surface area contributed by atoms with Crippen molar-refractivity contribution in [3.63, 3.8) is 0 Å². The summed E-state index contributed by atoms with van der Waals surface area (Å²) in [5.41, 5.74) is 1.68. The van der Waals surface area contributed by atoms with Gasteiger partial charge in [-0.3, -0.25) is 4.68 Å². The van der Waals surface area contributed by atoms with Gasteiger partial charge in [0.05, 0.1) is 19.9 Å². The molecule has 25 heavy (non-hydrogen) atoms. The molecule has 2 aromatic rings. The summed E-state index contributed by atoms with van der Waals surface area (Å²) in [6.45, 7) is 4.77. The number of rotatable bonds is 7. The Balaban J connectivity index is 2.01. The summed E-state index contributed by atoms with van der Waals surface area (Å²) in [7, 11) is 5.04. The van der Waals surface area contributed by atoms with Crippen LogP contribution in [-0.4, -0.2) is 36.6 Å². The number of carbonyl (C=O) groups is 1. The maximum absolute atomic E-state index is 12.3. The Hall–Kier alpha value is -2.70. The number of amides is 2. The molecule has 0 bridgehead atoms. The van der Waals surface area contributed by atoms with Gasteiger partial charge < -0.3 is 20.1 Å². The van der Waals surface area contributed by atoms with Gasteiger partial charge in [0, 0.05) is 37.5 Å². The first kappa shape index (κ1) is 18.6. The molecule has 1 aromatic carbocycles. The molecule has 0 unspecified atom stereocenters. The topological polar surface area (TPSA) is 77.4 Å². The van der Waals surface area contributed by atoms with E-state index in [0.29, 0.717) is 29.6 Å². The molecule has 0 aliphatic heterocycles. The SMILES string of the molecule is COc1ccc(NC(=O)NC[C@@H](c2ccnn2C)C(C)C)c(OC)c1. The summed E-state index contributed by atoms with van der Waals surface area (Å²) < 4.78 is 12.3. The molecule has 0 spiro atoms. The molecule has 0 aliphatic rings. The summed E-state index contributed by atoms with van der Waals surface area (Å²) in [6, 6.07) is 6.94. The average molecular weight is 346 g/mol. The van der Waals surface area contributed by atoms with Gasteiger partial charge in [0.2, 0.25) is 0 Å². The lowest BCUT2D eigenvalue weighted by Gasteiger charge is -2.22. The lowest BCUT2D eigenvalue weighted by atomic mass is 9.92. The number of benzene rings is 1. The zero-order valence-electron chi connectivity index (χ0n) is 15.4. The number of nitrogens with one attached hydrogen (secondary N) is 2. The largest absolute Gasteiger partial charge is 0.497 e. The summed E-state index contributed by atoms with van der Waals surface area (Å²) in [5.74, 6) is 1.75. The van der Waals surface area contributed by atoms with E-state index in [9.17, 15) is 4.79 Å². The van der Waals surface area contributed by atoms with E-state index in [4.69, 9.17) is 9.47 Å². The third kappa shape index (κ3) is 4.65. The van der Waals surface area contributed by atoms with Crippen molar-refractivity contribution < 1.29 is 14.3 Å². The van der Waals surface area contributed by atoms with Crippen LogP contribution in [0.3, 0.4) is 0 Å². The van der Waals surface area contributed by atoms with Gasteiger partial charge in [0.1, 0.15) is 11.5 Å². The van der Waals surface area contributed by atoms with Crippen LogP contribution >= 0.6 is 0 Å². The van der Waals surface area contributed by atoms with Gasteiger partial charge in [0.25, 0.3) is 0 Å². The van der Waals surface area contributed by atoms with Crippen LogP contribution in [0.15, 0.2) is 30.5 Å². The molecule has 7 nitrogen and oxygen atoms in total. The number of urea groups is 1. The Labute approximate surface area is 148 Å². The van der Waals surface area contributed by atoms with E-state index in [1.54, 1.807) is 38.6 Å². The molecule has 2 amide bonds. The predicted molar refractivity (Wildman–Crippen MR) is 97.4 cm³/mol. The van der Waals surface area contributed by atoms with Gasteiger partial charge in [0.15, 0.2) is 0 Å². The molecule has 2 N–H and O–H groups in total. The maximum atomic E-state index is 12.3. The number of methoxy groups -OCH3 is 2. The summed E-state index contributed by atoms with van der Waals surface area (Å²) in [6.07, 6.45) is 1.77. The molecule has 0 fully saturated rings. The third-order valence-electron chi connectivity index (χ3n) is 4.18. The Kier molecular flexibility index (Phi) is 6.27. The van der Waals surface area contributed by atoms with Gasteiger partial charge in [-0.1, -0.05) is 13.8 Å². The molecule has 1 heterocycles. The number of nitrogens with zero attached hydrogens (tertiary/aromatic N) is 2. The molecule has 1 atom stereocenters. The van der Waals surface area contributed by atoms with E-state index >= 15 is 0 Å². The molecule has 136 valence electrons. The van der Waals surface area contributed by atoms with Crippen LogP contribution in [0.5, 0.6) is 11.5 Å². The smallest absolute Gasteiger partial charge is 0.319 e. The molecule has 0 saturated heterocycles. The summed E-state index contributed by atoms with van der Waals surface area (Å²) in [5, 5.41) is 9.96. The van der Waals surface area contributed by atoms with E-state index in [2.05, 4.69) is 29.6 Å². The average Bonchev–Trinajstić information content (AvgIpc) is 3.01. The van der Waals surface area contributed by atoms with E-state index in [1.807, 2.05) is 17.8 Å². The van der Waals surface area contributed by atoms with E-state index in [0.717, 1.165) is 5.69 Å². The van der Waals surface area contributed by atoms with Crippen molar-refractivity contribution in [1.82, 2.24) is 15.1 Å². The van der Waals surface area contributed by atoms with E-state index < -0.39 is 0 Å². The lowest BCUT2D eigenvalue weighted by molar-refractivity contribution is 0.250. The van der Waals surface area contributed by atoms with Crippen LogP contribution in [0, 0.1) is 5.92 Å². The number of carbonyl (C=O) groups excluding carboxylic acids is 1. The van der Waals surface area contributed by atoms with Crippen molar-refractivity contribution in [3.05, 3.63) is 36.2 Å². The van der Waals surface area contributed by atoms with Gasteiger partial charge in [-0.15, -0.1) is 0 Å². The van der Waals surface area contributed by atoms with Crippen molar-refractivity contribution >= 4 is 11.7 Å². The Morgan fingerprint density at radius 2 is 2.00 bits per heavy atom. The van der Waals surface area contributed by atoms with Crippen LogP contribution < -0.4 is 20.1 Å². The first-order chi connectivity index (χ1) is 12.0. The Morgan fingerprint density at radius 1 is 1.24 bits per heavy atom. The number of aryl methyl sites for hydroxylation is 1. The number of hydrogen-bond acceptors (Lipinski definition) is 4. The van der Waals surface area contributed by atoms with Crippen molar-refractivity contribution in [2.45, 2.75) is 19.8 Å². The summed E-state index contributed by atoms with van der Waals surface area (Å²) >= 11 is 0. The predicted octanol–water partition coefficient (Wildman–Crippen LogP) is 3.00. The van der Waals surface area contributed by atoms with Crippen LogP contribution in [0.1, 0.15) is 25.5 Å². The highest BCUT2D eigenvalue weighted by molar-refractivity contribution is 5.91. The fourth-order valence-corrected chi connectivity index (χ4v) is 2.70. The van der Waals surface area contributed by atoms with Gasteiger partial charge in [-0.05, 0) is 24.1 Å². The van der Waals surface area contributed by atoms with E-state index in [1.165, 1.54) is 0 Å². The highest BCUT2D eigenvalue weighted by Crippen LogP contribution is 2.29.